The Hall–Kier alpha value is -1.59. The number of aromatic nitrogens is 3. The molecule has 108 valence electrons. The van der Waals surface area contributed by atoms with Crippen LogP contribution in [0.25, 0.3) is 5.69 Å². The Labute approximate surface area is 123 Å². The van der Waals surface area contributed by atoms with Gasteiger partial charge in [0.2, 0.25) is 0 Å². The third kappa shape index (κ3) is 2.94. The van der Waals surface area contributed by atoms with Gasteiger partial charge in [0.15, 0.2) is 0 Å². The monoisotopic (exact) mass is 294 g/mol. The van der Waals surface area contributed by atoms with E-state index in [1.54, 1.807) is 17.9 Å². The van der Waals surface area contributed by atoms with Crippen LogP contribution in [0.1, 0.15) is 31.2 Å². The van der Waals surface area contributed by atoms with Crippen molar-refractivity contribution in [3.8, 4) is 11.4 Å². The molecule has 1 heterocycles. The average molecular weight is 295 g/mol. The van der Waals surface area contributed by atoms with Crippen molar-refractivity contribution in [2.75, 3.05) is 7.11 Å². The summed E-state index contributed by atoms with van der Waals surface area (Å²) >= 11 is 6.08. The summed E-state index contributed by atoms with van der Waals surface area (Å²) in [4.78, 5) is 0. The molecule has 0 spiro atoms. The molecule has 0 aliphatic rings. The third-order valence-corrected chi connectivity index (χ3v) is 3.41. The smallest absolute Gasteiger partial charge is 0.144 e. The first-order valence-electron chi connectivity index (χ1n) is 6.68. The molecule has 2 rings (SSSR count). The highest BCUT2D eigenvalue weighted by Crippen LogP contribution is 2.27. The zero-order valence-electron chi connectivity index (χ0n) is 11.8. The van der Waals surface area contributed by atoms with E-state index in [9.17, 15) is 0 Å². The molecule has 0 amide bonds. The first-order valence-corrected chi connectivity index (χ1v) is 7.06. The number of unbranched alkanes of at least 4 members (excludes halogenated alkanes) is 1. The molecule has 0 fully saturated rings. The summed E-state index contributed by atoms with van der Waals surface area (Å²) in [7, 11) is 1.62. The summed E-state index contributed by atoms with van der Waals surface area (Å²) in [5, 5.41) is 9.00. The summed E-state index contributed by atoms with van der Waals surface area (Å²) < 4.78 is 7.16. The summed E-state index contributed by atoms with van der Waals surface area (Å²) in [5.41, 5.74) is 8.37. The van der Waals surface area contributed by atoms with Crippen molar-refractivity contribution in [3.63, 3.8) is 0 Å². The minimum atomic E-state index is 0.377. The van der Waals surface area contributed by atoms with Gasteiger partial charge in [-0.1, -0.05) is 30.2 Å². The molecular formula is C14H19ClN4O. The normalized spacial score (nSPS) is 10.8. The van der Waals surface area contributed by atoms with Crippen LogP contribution >= 0.6 is 11.6 Å². The molecule has 20 heavy (non-hydrogen) atoms. The Morgan fingerprint density at radius 3 is 2.85 bits per heavy atom. The number of nitrogens with two attached hydrogens (primary N) is 1. The molecule has 0 unspecified atom stereocenters. The predicted molar refractivity (Wildman–Crippen MR) is 79.4 cm³/mol. The van der Waals surface area contributed by atoms with Crippen LogP contribution in [0.4, 0.5) is 0 Å². The summed E-state index contributed by atoms with van der Waals surface area (Å²) in [6, 6.07) is 5.44. The highest BCUT2D eigenvalue weighted by atomic mass is 35.5. The SMILES string of the molecule is CCCCc1c(CN)nnn1-c1cc(Cl)ccc1OC. The molecule has 0 radical (unpaired) electrons. The number of nitrogens with zero attached hydrogens (tertiary/aromatic N) is 3. The molecular weight excluding hydrogens is 276 g/mol. The molecule has 2 N–H and O–H groups in total. The summed E-state index contributed by atoms with van der Waals surface area (Å²) in [5.74, 6) is 0.709. The lowest BCUT2D eigenvalue weighted by molar-refractivity contribution is 0.411. The molecule has 0 aliphatic heterocycles. The fourth-order valence-corrected chi connectivity index (χ4v) is 2.27. The number of halogens is 1. The van der Waals surface area contributed by atoms with E-state index in [4.69, 9.17) is 22.1 Å². The maximum atomic E-state index is 6.08. The highest BCUT2D eigenvalue weighted by Gasteiger charge is 2.16. The van der Waals surface area contributed by atoms with Gasteiger partial charge in [-0.2, -0.15) is 0 Å². The number of ether oxygens (including phenoxy) is 1. The zero-order valence-corrected chi connectivity index (χ0v) is 12.5. The van der Waals surface area contributed by atoms with Crippen molar-refractivity contribution in [3.05, 3.63) is 34.6 Å². The predicted octanol–water partition coefficient (Wildman–Crippen LogP) is 2.73. The largest absolute Gasteiger partial charge is 0.494 e. The lowest BCUT2D eigenvalue weighted by atomic mass is 10.1. The van der Waals surface area contributed by atoms with Crippen molar-refractivity contribution >= 4 is 11.6 Å². The molecule has 0 saturated carbocycles. The van der Waals surface area contributed by atoms with Crippen molar-refractivity contribution in [2.24, 2.45) is 5.73 Å². The number of hydrogen-bond donors (Lipinski definition) is 1. The van der Waals surface area contributed by atoms with Crippen LogP contribution in [0.2, 0.25) is 5.02 Å². The second kappa shape index (κ2) is 6.72. The Morgan fingerprint density at radius 2 is 2.20 bits per heavy atom. The Bertz CT molecular complexity index is 583. The number of rotatable bonds is 6. The van der Waals surface area contributed by atoms with Crippen LogP contribution in [-0.2, 0) is 13.0 Å². The molecule has 5 nitrogen and oxygen atoms in total. The first-order chi connectivity index (χ1) is 9.71. The van der Waals surface area contributed by atoms with E-state index in [0.717, 1.165) is 36.3 Å². The van der Waals surface area contributed by atoms with E-state index < -0.39 is 0 Å². The molecule has 0 atom stereocenters. The van der Waals surface area contributed by atoms with Gasteiger partial charge in [-0.05, 0) is 31.0 Å². The van der Waals surface area contributed by atoms with E-state index in [0.29, 0.717) is 17.3 Å². The van der Waals surface area contributed by atoms with E-state index >= 15 is 0 Å². The maximum absolute atomic E-state index is 6.08. The van der Waals surface area contributed by atoms with Gasteiger partial charge in [-0.25, -0.2) is 4.68 Å². The molecule has 6 heteroatoms. The van der Waals surface area contributed by atoms with Crippen molar-refractivity contribution in [1.29, 1.82) is 0 Å². The fraction of sp³-hybridized carbons (Fsp3) is 0.429. The standard InChI is InChI=1S/C14H19ClN4O/c1-3-4-5-12-11(9-16)17-18-19(12)13-8-10(15)6-7-14(13)20-2/h6-8H,3-5,9,16H2,1-2H3. The maximum Gasteiger partial charge on any atom is 0.144 e. The first kappa shape index (κ1) is 14.8. The molecule has 1 aromatic heterocycles. The van der Waals surface area contributed by atoms with Crippen LogP contribution in [0, 0.1) is 0 Å². The average Bonchev–Trinajstić information content (AvgIpc) is 2.87. The Balaban J connectivity index is 2.51. The number of hydrogen-bond acceptors (Lipinski definition) is 4. The Kier molecular flexibility index (Phi) is 4.98. The third-order valence-electron chi connectivity index (χ3n) is 3.17. The minimum Gasteiger partial charge on any atom is -0.494 e. The van der Waals surface area contributed by atoms with Gasteiger partial charge in [0.05, 0.1) is 18.5 Å². The molecule has 2 aromatic rings. The topological polar surface area (TPSA) is 66.0 Å². The van der Waals surface area contributed by atoms with E-state index in [-0.39, 0.29) is 0 Å². The van der Waals surface area contributed by atoms with Crippen molar-refractivity contribution in [2.45, 2.75) is 32.7 Å². The van der Waals surface area contributed by atoms with Crippen LogP contribution in [-0.4, -0.2) is 22.1 Å². The van der Waals surface area contributed by atoms with Crippen LogP contribution in [0.5, 0.6) is 5.75 Å². The zero-order chi connectivity index (χ0) is 14.5. The summed E-state index contributed by atoms with van der Waals surface area (Å²) in [6.45, 7) is 2.53. The quantitative estimate of drug-likeness (QED) is 0.889. The van der Waals surface area contributed by atoms with Crippen LogP contribution in [0.3, 0.4) is 0 Å². The van der Waals surface area contributed by atoms with Gasteiger partial charge in [0, 0.05) is 11.6 Å². The lowest BCUT2D eigenvalue weighted by Crippen LogP contribution is -2.07. The van der Waals surface area contributed by atoms with E-state index in [1.807, 2.05) is 12.1 Å². The minimum absolute atomic E-state index is 0.377. The van der Waals surface area contributed by atoms with Crippen LogP contribution < -0.4 is 10.5 Å². The van der Waals surface area contributed by atoms with Gasteiger partial charge >= 0.3 is 0 Å². The van der Waals surface area contributed by atoms with Crippen molar-refractivity contribution < 1.29 is 4.74 Å². The van der Waals surface area contributed by atoms with Gasteiger partial charge in [-0.3, -0.25) is 0 Å². The van der Waals surface area contributed by atoms with Gasteiger partial charge in [-0.15, -0.1) is 5.10 Å². The van der Waals surface area contributed by atoms with Gasteiger partial charge in [0.25, 0.3) is 0 Å². The molecule has 0 aliphatic carbocycles. The number of methoxy groups -OCH3 is 1. The van der Waals surface area contributed by atoms with Crippen LogP contribution in [0.15, 0.2) is 18.2 Å². The highest BCUT2D eigenvalue weighted by molar-refractivity contribution is 6.30. The van der Waals surface area contributed by atoms with E-state index in [2.05, 4.69) is 17.2 Å². The molecule has 0 bridgehead atoms. The van der Waals surface area contributed by atoms with Gasteiger partial charge < -0.3 is 10.5 Å². The fourth-order valence-electron chi connectivity index (χ4n) is 2.11. The summed E-state index contributed by atoms with van der Waals surface area (Å²) in [6.07, 6.45) is 3.04. The molecule has 1 aromatic carbocycles. The second-order valence-electron chi connectivity index (χ2n) is 4.52. The van der Waals surface area contributed by atoms with Crippen molar-refractivity contribution in [1.82, 2.24) is 15.0 Å². The van der Waals surface area contributed by atoms with Gasteiger partial charge in [0.1, 0.15) is 11.4 Å². The van der Waals surface area contributed by atoms with E-state index in [1.165, 1.54) is 0 Å². The molecule has 0 saturated heterocycles. The lowest BCUT2D eigenvalue weighted by Gasteiger charge is -2.11. The number of benzene rings is 1. The second-order valence-corrected chi connectivity index (χ2v) is 4.95. The Morgan fingerprint density at radius 1 is 1.40 bits per heavy atom.